The summed E-state index contributed by atoms with van der Waals surface area (Å²) in [6, 6.07) is 0. The highest BCUT2D eigenvalue weighted by atomic mass is 16.6. The quantitative estimate of drug-likeness (QED) is 0.0596. The Hall–Kier alpha value is -1.10. The molecule has 0 aromatic heterocycles. The van der Waals surface area contributed by atoms with Gasteiger partial charge in [-0.1, -0.05) is 156 Å². The normalized spacial score (nSPS) is 12.0. The molecule has 0 fully saturated rings. The number of hydrogen-bond donors (Lipinski definition) is 0. The predicted molar refractivity (Wildman–Crippen MR) is 169 cm³/mol. The summed E-state index contributed by atoms with van der Waals surface area (Å²) < 4.78 is 17.0. The molecular weight excluding hydrogens is 500 g/mol. The highest BCUT2D eigenvalue weighted by Crippen LogP contribution is 2.13. The highest BCUT2D eigenvalue weighted by Gasteiger charge is 2.17. The molecule has 238 valence electrons. The van der Waals surface area contributed by atoms with Crippen molar-refractivity contribution in [3.05, 3.63) is 0 Å². The summed E-state index contributed by atoms with van der Waals surface area (Å²) in [5, 5.41) is 0. The van der Waals surface area contributed by atoms with E-state index >= 15 is 0 Å². The van der Waals surface area contributed by atoms with E-state index in [1.807, 2.05) is 0 Å². The largest absolute Gasteiger partial charge is 0.462 e. The minimum Gasteiger partial charge on any atom is -0.462 e. The number of hydrogen-bond acceptors (Lipinski definition) is 5. The van der Waals surface area contributed by atoms with Crippen LogP contribution in [0.4, 0.5) is 0 Å². The Bertz CT molecular complexity index is 536. The third kappa shape index (κ3) is 29.9. The number of ether oxygens (including phenoxy) is 3. The van der Waals surface area contributed by atoms with Gasteiger partial charge >= 0.3 is 11.9 Å². The minimum atomic E-state index is -0.516. The van der Waals surface area contributed by atoms with E-state index in [0.29, 0.717) is 26.1 Å². The van der Waals surface area contributed by atoms with Gasteiger partial charge < -0.3 is 14.2 Å². The second-order valence-electron chi connectivity index (χ2n) is 11.8. The first-order valence-corrected chi connectivity index (χ1v) is 17.6. The Kier molecular flexibility index (Phi) is 31.5. The van der Waals surface area contributed by atoms with Gasteiger partial charge in [0.2, 0.25) is 0 Å². The van der Waals surface area contributed by atoms with Crippen LogP contribution in [0.3, 0.4) is 0 Å². The average Bonchev–Trinajstić information content (AvgIpc) is 2.95. The molecule has 0 saturated heterocycles. The molecule has 1 unspecified atom stereocenters. The molecule has 0 N–H and O–H groups in total. The number of unbranched alkanes of at least 4 members (excludes halogenated alkanes) is 21. The highest BCUT2D eigenvalue weighted by molar-refractivity contribution is 5.70. The Morgan fingerprint density at radius 3 is 1.27 bits per heavy atom. The SMILES string of the molecule is CCCCCCCCCCCCOCC(COC(=O)CCCCCCCCC)OC(=O)CCCCCCCCC. The van der Waals surface area contributed by atoms with E-state index in [4.69, 9.17) is 14.2 Å². The van der Waals surface area contributed by atoms with Crippen LogP contribution in [0.15, 0.2) is 0 Å². The molecule has 0 heterocycles. The fraction of sp³-hybridized carbons (Fsp3) is 0.943. The molecule has 0 bridgehead atoms. The molecule has 5 nitrogen and oxygen atoms in total. The van der Waals surface area contributed by atoms with Gasteiger partial charge in [-0.05, 0) is 19.3 Å². The van der Waals surface area contributed by atoms with Crippen LogP contribution in [-0.4, -0.2) is 37.9 Å². The Morgan fingerprint density at radius 2 is 0.825 bits per heavy atom. The molecular formula is C35H68O5. The molecule has 1 atom stereocenters. The predicted octanol–water partition coefficient (Wildman–Crippen LogP) is 10.7. The monoisotopic (exact) mass is 569 g/mol. The molecule has 0 rings (SSSR count). The van der Waals surface area contributed by atoms with Crippen molar-refractivity contribution in [2.75, 3.05) is 19.8 Å². The standard InChI is InChI=1S/C35H68O5/c1-4-7-10-13-16-17-18-21-24-27-30-38-31-33(40-35(37)29-26-23-20-15-12-9-6-3)32-39-34(36)28-25-22-19-14-11-8-5-2/h33H,4-32H2,1-3H3. The fourth-order valence-electron chi connectivity index (χ4n) is 4.98. The van der Waals surface area contributed by atoms with E-state index in [1.165, 1.54) is 122 Å². The van der Waals surface area contributed by atoms with Crippen LogP contribution in [0, 0.1) is 0 Å². The van der Waals surface area contributed by atoms with Crippen molar-refractivity contribution < 1.29 is 23.8 Å². The maximum Gasteiger partial charge on any atom is 0.306 e. The second kappa shape index (κ2) is 32.4. The van der Waals surface area contributed by atoms with Gasteiger partial charge in [0.1, 0.15) is 6.61 Å². The first-order chi connectivity index (χ1) is 19.6. The van der Waals surface area contributed by atoms with Gasteiger partial charge in [0, 0.05) is 19.4 Å². The molecule has 0 aliphatic heterocycles. The lowest BCUT2D eigenvalue weighted by atomic mass is 10.1. The summed E-state index contributed by atoms with van der Waals surface area (Å²) in [5.74, 6) is -0.402. The van der Waals surface area contributed by atoms with Gasteiger partial charge in [0.05, 0.1) is 6.61 Å². The van der Waals surface area contributed by atoms with E-state index in [9.17, 15) is 9.59 Å². The van der Waals surface area contributed by atoms with Gasteiger partial charge in [-0.25, -0.2) is 0 Å². The lowest BCUT2D eigenvalue weighted by Gasteiger charge is -2.18. The smallest absolute Gasteiger partial charge is 0.306 e. The number of carbonyl (C=O) groups is 2. The van der Waals surface area contributed by atoms with Crippen molar-refractivity contribution >= 4 is 11.9 Å². The van der Waals surface area contributed by atoms with E-state index in [1.54, 1.807) is 0 Å². The molecule has 0 amide bonds. The van der Waals surface area contributed by atoms with Gasteiger partial charge in [0.25, 0.3) is 0 Å². The topological polar surface area (TPSA) is 61.8 Å². The van der Waals surface area contributed by atoms with Crippen molar-refractivity contribution in [2.24, 2.45) is 0 Å². The van der Waals surface area contributed by atoms with E-state index in [2.05, 4.69) is 20.8 Å². The Balaban J connectivity index is 4.17. The third-order valence-electron chi connectivity index (χ3n) is 7.64. The van der Waals surface area contributed by atoms with Crippen molar-refractivity contribution in [1.82, 2.24) is 0 Å². The van der Waals surface area contributed by atoms with Gasteiger partial charge in [-0.15, -0.1) is 0 Å². The zero-order valence-corrected chi connectivity index (χ0v) is 27.1. The lowest BCUT2D eigenvalue weighted by molar-refractivity contribution is -0.163. The van der Waals surface area contributed by atoms with Gasteiger partial charge in [-0.3, -0.25) is 9.59 Å². The van der Waals surface area contributed by atoms with Crippen LogP contribution in [0.25, 0.3) is 0 Å². The maximum atomic E-state index is 12.5. The summed E-state index contributed by atoms with van der Waals surface area (Å²) in [7, 11) is 0. The molecule has 40 heavy (non-hydrogen) atoms. The molecule has 0 saturated carbocycles. The van der Waals surface area contributed by atoms with E-state index in [-0.39, 0.29) is 18.5 Å². The van der Waals surface area contributed by atoms with Crippen LogP contribution in [0.5, 0.6) is 0 Å². The summed E-state index contributed by atoms with van der Waals surface area (Å²) in [5.41, 5.74) is 0. The summed E-state index contributed by atoms with van der Waals surface area (Å²) in [4.78, 5) is 24.7. The van der Waals surface area contributed by atoms with Gasteiger partial charge in [0.15, 0.2) is 6.10 Å². The Morgan fingerprint density at radius 1 is 0.450 bits per heavy atom. The van der Waals surface area contributed by atoms with Crippen molar-refractivity contribution in [3.63, 3.8) is 0 Å². The molecule has 0 aromatic carbocycles. The molecule has 0 aliphatic rings. The van der Waals surface area contributed by atoms with E-state index < -0.39 is 6.10 Å². The van der Waals surface area contributed by atoms with Crippen molar-refractivity contribution in [2.45, 2.75) is 194 Å². The number of rotatable bonds is 32. The second-order valence-corrected chi connectivity index (χ2v) is 11.8. The zero-order chi connectivity index (χ0) is 29.4. The fourth-order valence-corrected chi connectivity index (χ4v) is 4.98. The van der Waals surface area contributed by atoms with Crippen molar-refractivity contribution in [3.8, 4) is 0 Å². The van der Waals surface area contributed by atoms with Crippen LogP contribution in [-0.2, 0) is 23.8 Å². The summed E-state index contributed by atoms with van der Waals surface area (Å²) >= 11 is 0. The molecule has 0 aliphatic carbocycles. The van der Waals surface area contributed by atoms with Gasteiger partial charge in [-0.2, -0.15) is 0 Å². The zero-order valence-electron chi connectivity index (χ0n) is 27.1. The number of carbonyl (C=O) groups excluding carboxylic acids is 2. The summed E-state index contributed by atoms with van der Waals surface area (Å²) in [6.45, 7) is 7.75. The van der Waals surface area contributed by atoms with E-state index in [0.717, 1.165) is 32.1 Å². The Labute approximate surface area is 249 Å². The average molecular weight is 569 g/mol. The van der Waals surface area contributed by atoms with Crippen LogP contribution in [0.1, 0.15) is 188 Å². The molecule has 0 spiro atoms. The summed E-state index contributed by atoms with van der Waals surface area (Å²) in [6.07, 6.45) is 29.6. The number of esters is 2. The third-order valence-corrected chi connectivity index (χ3v) is 7.64. The van der Waals surface area contributed by atoms with Crippen LogP contribution in [0.2, 0.25) is 0 Å². The molecule has 5 heteroatoms. The lowest BCUT2D eigenvalue weighted by Crippen LogP contribution is -2.30. The van der Waals surface area contributed by atoms with Crippen LogP contribution >= 0.6 is 0 Å². The first kappa shape index (κ1) is 38.9. The maximum absolute atomic E-state index is 12.5. The van der Waals surface area contributed by atoms with Crippen LogP contribution < -0.4 is 0 Å². The minimum absolute atomic E-state index is 0.0934. The van der Waals surface area contributed by atoms with Crippen molar-refractivity contribution in [1.29, 1.82) is 0 Å². The molecule has 0 radical (unpaired) electrons. The molecule has 0 aromatic rings. The first-order valence-electron chi connectivity index (χ1n) is 17.6.